The Kier molecular flexibility index (Phi) is 6.00. The van der Waals surface area contributed by atoms with Crippen LogP contribution in [0.15, 0.2) is 29.4 Å². The Balaban J connectivity index is 2.35. The van der Waals surface area contributed by atoms with E-state index in [0.717, 1.165) is 30.4 Å². The van der Waals surface area contributed by atoms with Gasteiger partial charge < -0.3 is 0 Å². The largest absolute Gasteiger partial charge is 0.273 e. The predicted molar refractivity (Wildman–Crippen MR) is 71.1 cm³/mol. The molecule has 0 aliphatic heterocycles. The van der Waals surface area contributed by atoms with Crippen LogP contribution in [0.1, 0.15) is 43.7 Å². The number of unbranched alkanes of at least 4 members (excludes halogenated alkanes) is 2. The van der Waals surface area contributed by atoms with E-state index in [1.54, 1.807) is 6.21 Å². The van der Waals surface area contributed by atoms with Gasteiger partial charge in [0.05, 0.1) is 6.21 Å². The lowest BCUT2D eigenvalue weighted by Gasteiger charge is -2.00. The second-order valence-electron chi connectivity index (χ2n) is 4.11. The fraction of sp³-hybridized carbons (Fsp3) is 0.429. The number of nitrogens with zero attached hydrogens (tertiary/aromatic N) is 1. The average Bonchev–Trinajstić information content (AvgIpc) is 2.32. The van der Waals surface area contributed by atoms with E-state index < -0.39 is 0 Å². The van der Waals surface area contributed by atoms with Crippen LogP contribution in [-0.4, -0.2) is 12.1 Å². The molecule has 3 heteroatoms. The van der Waals surface area contributed by atoms with Crippen LogP contribution in [0.2, 0.25) is 0 Å². The molecule has 0 unspecified atom stereocenters. The first-order valence-electron chi connectivity index (χ1n) is 6.11. The van der Waals surface area contributed by atoms with Crippen LogP contribution in [-0.2, 0) is 4.79 Å². The molecule has 0 radical (unpaired) electrons. The summed E-state index contributed by atoms with van der Waals surface area (Å²) in [7, 11) is 0. The van der Waals surface area contributed by atoms with E-state index in [-0.39, 0.29) is 5.91 Å². The second kappa shape index (κ2) is 7.60. The molecule has 1 N–H and O–H groups in total. The predicted octanol–water partition coefficient (Wildman–Crippen LogP) is 3.03. The van der Waals surface area contributed by atoms with Crippen molar-refractivity contribution in [3.63, 3.8) is 0 Å². The van der Waals surface area contributed by atoms with E-state index in [9.17, 15) is 4.79 Å². The number of aryl methyl sites for hydroxylation is 1. The summed E-state index contributed by atoms with van der Waals surface area (Å²) in [5, 5.41) is 3.96. The second-order valence-corrected chi connectivity index (χ2v) is 4.11. The smallest absolute Gasteiger partial charge is 0.240 e. The minimum Gasteiger partial charge on any atom is -0.273 e. The highest BCUT2D eigenvalue weighted by atomic mass is 16.2. The van der Waals surface area contributed by atoms with Crippen molar-refractivity contribution in [2.24, 2.45) is 5.10 Å². The van der Waals surface area contributed by atoms with Crippen molar-refractivity contribution >= 4 is 12.1 Å². The van der Waals surface area contributed by atoms with Gasteiger partial charge in [0.15, 0.2) is 0 Å². The lowest BCUT2D eigenvalue weighted by molar-refractivity contribution is -0.121. The average molecular weight is 232 g/mol. The summed E-state index contributed by atoms with van der Waals surface area (Å²) in [5.74, 6) is -0.0108. The number of carbonyl (C=O) groups excluding carboxylic acids is 1. The Bertz CT molecular complexity index is 386. The molecule has 0 atom stereocenters. The molecule has 0 saturated carbocycles. The first kappa shape index (κ1) is 13.4. The van der Waals surface area contributed by atoms with E-state index in [1.165, 1.54) is 0 Å². The number of amides is 1. The highest BCUT2D eigenvalue weighted by molar-refractivity contribution is 5.83. The lowest BCUT2D eigenvalue weighted by atomic mass is 10.1. The van der Waals surface area contributed by atoms with Gasteiger partial charge in [0.1, 0.15) is 0 Å². The van der Waals surface area contributed by atoms with Gasteiger partial charge in [-0.2, -0.15) is 5.10 Å². The molecule has 0 saturated heterocycles. The number of hydrogen-bond donors (Lipinski definition) is 1. The van der Waals surface area contributed by atoms with Crippen LogP contribution < -0.4 is 5.43 Å². The summed E-state index contributed by atoms with van der Waals surface area (Å²) in [6, 6.07) is 7.93. The number of carbonyl (C=O) groups is 1. The van der Waals surface area contributed by atoms with Crippen molar-refractivity contribution < 1.29 is 4.79 Å². The zero-order valence-corrected chi connectivity index (χ0v) is 10.6. The number of benzene rings is 1. The van der Waals surface area contributed by atoms with Gasteiger partial charge in [-0.25, -0.2) is 5.43 Å². The maximum Gasteiger partial charge on any atom is 0.240 e. The third kappa shape index (κ3) is 5.29. The van der Waals surface area contributed by atoms with Gasteiger partial charge in [0, 0.05) is 6.42 Å². The van der Waals surface area contributed by atoms with Gasteiger partial charge in [-0.3, -0.25) is 4.79 Å². The molecule has 0 aliphatic rings. The fourth-order valence-electron chi connectivity index (χ4n) is 1.50. The molecule has 0 fully saturated rings. The van der Waals surface area contributed by atoms with Crippen LogP contribution in [0.25, 0.3) is 0 Å². The third-order valence-electron chi connectivity index (χ3n) is 2.59. The minimum atomic E-state index is -0.0108. The summed E-state index contributed by atoms with van der Waals surface area (Å²) in [6.07, 6.45) is 5.39. The molecule has 17 heavy (non-hydrogen) atoms. The standard InChI is InChI=1S/C14H20N2O/c1-3-4-5-10-14(17)16-15-11-13-9-7-6-8-12(13)2/h6-9,11H,3-5,10H2,1-2H3,(H,16,17)/b15-11-. The Labute approximate surface area is 103 Å². The Morgan fingerprint density at radius 2 is 2.12 bits per heavy atom. The van der Waals surface area contributed by atoms with E-state index in [2.05, 4.69) is 17.5 Å². The molecule has 92 valence electrons. The molecule has 1 rings (SSSR count). The van der Waals surface area contributed by atoms with E-state index in [1.807, 2.05) is 31.2 Å². The molecular weight excluding hydrogens is 212 g/mol. The van der Waals surface area contributed by atoms with E-state index in [0.29, 0.717) is 6.42 Å². The molecule has 1 aromatic rings. The fourth-order valence-corrected chi connectivity index (χ4v) is 1.50. The maximum absolute atomic E-state index is 11.4. The summed E-state index contributed by atoms with van der Waals surface area (Å²) < 4.78 is 0. The Morgan fingerprint density at radius 3 is 2.82 bits per heavy atom. The van der Waals surface area contributed by atoms with Crippen LogP contribution in [0.5, 0.6) is 0 Å². The van der Waals surface area contributed by atoms with Gasteiger partial charge in [0.25, 0.3) is 0 Å². The van der Waals surface area contributed by atoms with E-state index >= 15 is 0 Å². The normalized spacial score (nSPS) is 10.7. The zero-order chi connectivity index (χ0) is 12.5. The highest BCUT2D eigenvalue weighted by Gasteiger charge is 1.98. The third-order valence-corrected chi connectivity index (χ3v) is 2.59. The number of nitrogens with one attached hydrogen (secondary N) is 1. The molecule has 3 nitrogen and oxygen atoms in total. The van der Waals surface area contributed by atoms with Crippen molar-refractivity contribution in [2.75, 3.05) is 0 Å². The van der Waals surface area contributed by atoms with Crippen molar-refractivity contribution in [1.29, 1.82) is 0 Å². The lowest BCUT2D eigenvalue weighted by Crippen LogP contribution is -2.16. The SMILES string of the molecule is CCCCCC(=O)N/N=C\c1ccccc1C. The summed E-state index contributed by atoms with van der Waals surface area (Å²) in [4.78, 5) is 11.4. The van der Waals surface area contributed by atoms with Crippen molar-refractivity contribution in [2.45, 2.75) is 39.5 Å². The Hall–Kier alpha value is -1.64. The summed E-state index contributed by atoms with van der Waals surface area (Å²) in [6.45, 7) is 4.14. The van der Waals surface area contributed by atoms with Crippen molar-refractivity contribution in [3.05, 3.63) is 35.4 Å². The van der Waals surface area contributed by atoms with Crippen molar-refractivity contribution in [1.82, 2.24) is 5.43 Å². The molecule has 0 bridgehead atoms. The topological polar surface area (TPSA) is 41.5 Å². The summed E-state index contributed by atoms with van der Waals surface area (Å²) in [5.41, 5.74) is 4.73. The van der Waals surface area contributed by atoms with Gasteiger partial charge in [0.2, 0.25) is 5.91 Å². The molecular formula is C14H20N2O. The quantitative estimate of drug-likeness (QED) is 0.457. The molecule has 0 heterocycles. The molecule has 0 spiro atoms. The van der Waals surface area contributed by atoms with Gasteiger partial charge in [-0.05, 0) is 24.5 Å². The van der Waals surface area contributed by atoms with Gasteiger partial charge >= 0.3 is 0 Å². The van der Waals surface area contributed by atoms with Gasteiger partial charge in [-0.1, -0.05) is 44.0 Å². The Morgan fingerprint density at radius 1 is 1.35 bits per heavy atom. The van der Waals surface area contributed by atoms with Crippen molar-refractivity contribution in [3.8, 4) is 0 Å². The monoisotopic (exact) mass is 232 g/mol. The molecule has 0 aromatic heterocycles. The number of hydrazone groups is 1. The number of hydrogen-bond acceptors (Lipinski definition) is 2. The number of rotatable bonds is 6. The van der Waals surface area contributed by atoms with Crippen LogP contribution >= 0.6 is 0 Å². The minimum absolute atomic E-state index is 0.0108. The highest BCUT2D eigenvalue weighted by Crippen LogP contribution is 2.03. The van der Waals surface area contributed by atoms with Crippen LogP contribution in [0.4, 0.5) is 0 Å². The van der Waals surface area contributed by atoms with Gasteiger partial charge in [-0.15, -0.1) is 0 Å². The molecule has 1 aromatic carbocycles. The maximum atomic E-state index is 11.4. The first-order chi connectivity index (χ1) is 8.24. The molecule has 0 aliphatic carbocycles. The van der Waals surface area contributed by atoms with Crippen LogP contribution in [0.3, 0.4) is 0 Å². The zero-order valence-electron chi connectivity index (χ0n) is 10.6. The van der Waals surface area contributed by atoms with Crippen LogP contribution in [0, 0.1) is 6.92 Å². The first-order valence-corrected chi connectivity index (χ1v) is 6.11. The van der Waals surface area contributed by atoms with E-state index in [4.69, 9.17) is 0 Å². The molecule has 1 amide bonds. The summed E-state index contributed by atoms with van der Waals surface area (Å²) >= 11 is 0.